The van der Waals surface area contributed by atoms with Crippen LogP contribution in [-0.2, 0) is 0 Å². The molecule has 0 spiro atoms. The summed E-state index contributed by atoms with van der Waals surface area (Å²) >= 11 is 0. The molecule has 2 heterocycles. The molecule has 4 rings (SSSR count). The topological polar surface area (TPSA) is 114 Å². The lowest BCUT2D eigenvalue weighted by atomic mass is 10.1. The van der Waals surface area contributed by atoms with Gasteiger partial charge in [0.2, 0.25) is 0 Å². The van der Waals surface area contributed by atoms with Gasteiger partial charge in [-0.3, -0.25) is 19.7 Å². The zero-order chi connectivity index (χ0) is 18.3. The summed E-state index contributed by atoms with van der Waals surface area (Å²) in [6.07, 6.45) is 0. The highest BCUT2D eigenvalue weighted by atomic mass is 16.2. The van der Waals surface area contributed by atoms with Gasteiger partial charge in [0, 0.05) is 27.7 Å². The third kappa shape index (κ3) is 2.75. The highest BCUT2D eigenvalue weighted by molar-refractivity contribution is 6.08. The largest absolute Gasteiger partial charge is 0.364 e. The number of aromatic amines is 1. The predicted molar refractivity (Wildman–Crippen MR) is 99.0 cm³/mol. The van der Waals surface area contributed by atoms with E-state index in [9.17, 15) is 9.59 Å². The molecule has 0 radical (unpaired) electrons. The van der Waals surface area contributed by atoms with E-state index in [1.54, 1.807) is 30.3 Å². The molecule has 128 valence electrons. The summed E-state index contributed by atoms with van der Waals surface area (Å²) in [5, 5.41) is 10.9. The molecule has 2 aromatic carbocycles. The fraction of sp³-hybridized carbons (Fsp3) is 0.0526. The highest BCUT2D eigenvalue weighted by Gasteiger charge is 2.13. The highest BCUT2D eigenvalue weighted by Crippen LogP contribution is 2.22. The first-order chi connectivity index (χ1) is 12.5. The number of benzene rings is 2. The van der Waals surface area contributed by atoms with Crippen LogP contribution >= 0.6 is 0 Å². The molecule has 4 aromatic rings. The second-order valence-corrected chi connectivity index (χ2v) is 6.01. The molecule has 0 saturated heterocycles. The van der Waals surface area contributed by atoms with Crippen molar-refractivity contribution in [1.82, 2.24) is 15.2 Å². The van der Waals surface area contributed by atoms with Gasteiger partial charge in [0.05, 0.1) is 11.0 Å². The molecule has 7 heteroatoms. The number of nitrogens with zero attached hydrogens (tertiary/aromatic N) is 2. The predicted octanol–water partition coefficient (Wildman–Crippen LogP) is 2.77. The standard InChI is InChI=1S/C19H15N5O2/c1-10-2-3-11-8-12(4-6-15(11)21-10)19(26)22-13-5-7-16-14(9-13)17(18(20)25)24-23-16/h2-9H,1H3,(H2,20,25)(H,22,26)(H,23,24). The fourth-order valence-electron chi connectivity index (χ4n) is 2.85. The van der Waals surface area contributed by atoms with Gasteiger partial charge in [-0.05, 0) is 49.4 Å². The van der Waals surface area contributed by atoms with Crippen molar-refractivity contribution in [3.63, 3.8) is 0 Å². The minimum atomic E-state index is -0.628. The third-order valence-electron chi connectivity index (χ3n) is 4.14. The van der Waals surface area contributed by atoms with E-state index in [-0.39, 0.29) is 11.6 Å². The van der Waals surface area contributed by atoms with Gasteiger partial charge < -0.3 is 11.1 Å². The Balaban J connectivity index is 1.65. The molecule has 0 unspecified atom stereocenters. The number of H-pyrrole nitrogens is 1. The average molecular weight is 345 g/mol. The van der Waals surface area contributed by atoms with Gasteiger partial charge in [-0.1, -0.05) is 6.07 Å². The summed E-state index contributed by atoms with van der Waals surface area (Å²) in [6.45, 7) is 1.92. The van der Waals surface area contributed by atoms with Crippen molar-refractivity contribution >= 4 is 39.3 Å². The molecule has 0 aliphatic heterocycles. The molecular formula is C19H15N5O2. The lowest BCUT2D eigenvalue weighted by Gasteiger charge is -2.07. The first-order valence-electron chi connectivity index (χ1n) is 7.98. The van der Waals surface area contributed by atoms with Gasteiger partial charge >= 0.3 is 0 Å². The number of aromatic nitrogens is 3. The van der Waals surface area contributed by atoms with Crippen molar-refractivity contribution in [1.29, 1.82) is 0 Å². The van der Waals surface area contributed by atoms with E-state index in [4.69, 9.17) is 5.73 Å². The maximum atomic E-state index is 12.6. The molecule has 0 atom stereocenters. The van der Waals surface area contributed by atoms with E-state index < -0.39 is 5.91 Å². The zero-order valence-electron chi connectivity index (χ0n) is 13.9. The molecular weight excluding hydrogens is 330 g/mol. The van der Waals surface area contributed by atoms with E-state index in [1.165, 1.54) is 0 Å². The zero-order valence-corrected chi connectivity index (χ0v) is 13.9. The number of carbonyl (C=O) groups is 2. The lowest BCUT2D eigenvalue weighted by Crippen LogP contribution is -2.13. The second-order valence-electron chi connectivity index (χ2n) is 6.01. The Morgan fingerprint density at radius 3 is 2.73 bits per heavy atom. The van der Waals surface area contributed by atoms with Gasteiger partial charge in [0.1, 0.15) is 0 Å². The van der Waals surface area contributed by atoms with E-state index in [0.717, 1.165) is 16.6 Å². The maximum absolute atomic E-state index is 12.6. The van der Waals surface area contributed by atoms with Crippen LogP contribution in [0.3, 0.4) is 0 Å². The number of hydrogen-bond donors (Lipinski definition) is 3. The van der Waals surface area contributed by atoms with Crippen molar-refractivity contribution in [2.75, 3.05) is 5.32 Å². The van der Waals surface area contributed by atoms with Crippen LogP contribution in [0.15, 0.2) is 48.5 Å². The van der Waals surface area contributed by atoms with Crippen molar-refractivity contribution in [3.8, 4) is 0 Å². The van der Waals surface area contributed by atoms with Gasteiger partial charge in [-0.2, -0.15) is 5.10 Å². The van der Waals surface area contributed by atoms with Crippen LogP contribution in [0.2, 0.25) is 0 Å². The van der Waals surface area contributed by atoms with Crippen LogP contribution in [0.1, 0.15) is 26.5 Å². The summed E-state index contributed by atoms with van der Waals surface area (Å²) in [4.78, 5) is 28.4. The molecule has 0 aliphatic rings. The van der Waals surface area contributed by atoms with E-state index in [2.05, 4.69) is 20.5 Å². The van der Waals surface area contributed by atoms with Gasteiger partial charge in [-0.25, -0.2) is 0 Å². The number of fused-ring (bicyclic) bond motifs is 2. The molecule has 26 heavy (non-hydrogen) atoms. The van der Waals surface area contributed by atoms with E-state index >= 15 is 0 Å². The maximum Gasteiger partial charge on any atom is 0.269 e. The Morgan fingerprint density at radius 2 is 1.92 bits per heavy atom. The summed E-state index contributed by atoms with van der Waals surface area (Å²) in [6, 6.07) is 14.3. The van der Waals surface area contributed by atoms with Crippen LogP contribution in [0.25, 0.3) is 21.8 Å². The summed E-state index contributed by atoms with van der Waals surface area (Å²) < 4.78 is 0. The number of hydrogen-bond acceptors (Lipinski definition) is 4. The van der Waals surface area contributed by atoms with Crippen LogP contribution in [0, 0.1) is 6.92 Å². The number of nitrogens with one attached hydrogen (secondary N) is 2. The SMILES string of the molecule is Cc1ccc2cc(C(=O)Nc3ccc4[nH]nc(C(N)=O)c4c3)ccc2n1. The molecule has 7 nitrogen and oxygen atoms in total. The van der Waals surface area contributed by atoms with E-state index in [0.29, 0.717) is 22.2 Å². The Hall–Kier alpha value is -3.74. The molecule has 2 aromatic heterocycles. The summed E-state index contributed by atoms with van der Waals surface area (Å²) in [7, 11) is 0. The molecule has 2 amide bonds. The normalized spacial score (nSPS) is 11.0. The Bertz CT molecular complexity index is 1180. The minimum Gasteiger partial charge on any atom is -0.364 e. The number of rotatable bonds is 3. The van der Waals surface area contributed by atoms with Gasteiger partial charge in [-0.15, -0.1) is 0 Å². The van der Waals surface area contributed by atoms with Gasteiger partial charge in [0.25, 0.3) is 11.8 Å². The number of anilines is 1. The van der Waals surface area contributed by atoms with Crippen molar-refractivity contribution in [2.24, 2.45) is 5.73 Å². The number of carbonyl (C=O) groups excluding carboxylic acids is 2. The molecule has 0 bridgehead atoms. The summed E-state index contributed by atoms with van der Waals surface area (Å²) in [5.41, 5.74) is 8.96. The number of amides is 2. The van der Waals surface area contributed by atoms with Crippen molar-refractivity contribution in [2.45, 2.75) is 6.92 Å². The monoisotopic (exact) mass is 345 g/mol. The van der Waals surface area contributed by atoms with Crippen LogP contribution < -0.4 is 11.1 Å². The Labute approximate surface area is 148 Å². The number of aryl methyl sites for hydroxylation is 1. The number of pyridine rings is 1. The quantitative estimate of drug-likeness (QED) is 0.530. The first-order valence-corrected chi connectivity index (χ1v) is 7.98. The third-order valence-corrected chi connectivity index (χ3v) is 4.14. The Morgan fingerprint density at radius 1 is 1.08 bits per heavy atom. The van der Waals surface area contributed by atoms with Crippen molar-refractivity contribution in [3.05, 3.63) is 65.5 Å². The summed E-state index contributed by atoms with van der Waals surface area (Å²) in [5.74, 6) is -0.881. The van der Waals surface area contributed by atoms with Crippen LogP contribution in [-0.4, -0.2) is 27.0 Å². The molecule has 0 saturated carbocycles. The van der Waals surface area contributed by atoms with Gasteiger partial charge in [0.15, 0.2) is 5.69 Å². The molecule has 4 N–H and O–H groups in total. The minimum absolute atomic E-state index is 0.142. The van der Waals surface area contributed by atoms with Crippen LogP contribution in [0.5, 0.6) is 0 Å². The van der Waals surface area contributed by atoms with Crippen molar-refractivity contribution < 1.29 is 9.59 Å². The lowest BCUT2D eigenvalue weighted by molar-refractivity contribution is 0.0995. The number of nitrogens with two attached hydrogens (primary N) is 1. The Kier molecular flexibility index (Phi) is 3.62. The average Bonchev–Trinajstić information content (AvgIpc) is 3.04. The smallest absolute Gasteiger partial charge is 0.269 e. The molecule has 0 aliphatic carbocycles. The fourth-order valence-corrected chi connectivity index (χ4v) is 2.85. The second kappa shape index (κ2) is 5.96. The first kappa shape index (κ1) is 15.8. The van der Waals surface area contributed by atoms with E-state index in [1.807, 2.05) is 25.1 Å². The number of primary amides is 1. The van der Waals surface area contributed by atoms with Crippen LogP contribution in [0.4, 0.5) is 5.69 Å². The molecule has 0 fully saturated rings.